The number of pyridine rings is 1. The summed E-state index contributed by atoms with van der Waals surface area (Å²) >= 11 is 0. The topological polar surface area (TPSA) is 45.7 Å². The SMILES string of the molecule is Cn1[c-][n+](-c2cccc(Oc3ccc4c5c6c(c7ccccc7n6C)c6c(c7ccccc7n6C)c5n(-c5cc(C(C)(C)C)ccn5)c4c3)c2)c2ccccc21. The number of para-hydroxylation sites is 4. The molecule has 56 heavy (non-hydrogen) atoms. The van der Waals surface area contributed by atoms with Crippen LogP contribution >= 0.6 is 0 Å². The summed E-state index contributed by atoms with van der Waals surface area (Å²) in [7, 11) is 6.44. The first kappa shape index (κ1) is 32.6. The first-order chi connectivity index (χ1) is 27.2. The van der Waals surface area contributed by atoms with E-state index < -0.39 is 0 Å². The van der Waals surface area contributed by atoms with Gasteiger partial charge in [-0.2, -0.15) is 0 Å². The summed E-state index contributed by atoms with van der Waals surface area (Å²) in [5.41, 5.74) is 11.4. The first-order valence-corrected chi connectivity index (χ1v) is 19.2. The lowest BCUT2D eigenvalue weighted by Crippen LogP contribution is -2.29. The molecule has 272 valence electrons. The average molecular weight is 729 g/mol. The molecule has 7 heteroatoms. The fourth-order valence-electron chi connectivity index (χ4n) is 9.12. The smallest absolute Gasteiger partial charge is 0.244 e. The van der Waals surface area contributed by atoms with Crippen LogP contribution in [-0.4, -0.2) is 23.3 Å². The van der Waals surface area contributed by atoms with Gasteiger partial charge >= 0.3 is 0 Å². The summed E-state index contributed by atoms with van der Waals surface area (Å²) in [4.78, 5) is 5.12. The lowest BCUT2D eigenvalue weighted by Gasteiger charge is -2.20. The maximum Gasteiger partial charge on any atom is 0.244 e. The summed E-state index contributed by atoms with van der Waals surface area (Å²) in [6.45, 7) is 6.77. The highest BCUT2D eigenvalue weighted by Gasteiger charge is 2.27. The first-order valence-electron chi connectivity index (χ1n) is 19.2. The van der Waals surface area contributed by atoms with Crippen LogP contribution in [0.3, 0.4) is 0 Å². The van der Waals surface area contributed by atoms with E-state index in [0.717, 1.165) is 50.5 Å². The molecule has 11 aromatic rings. The van der Waals surface area contributed by atoms with E-state index in [2.05, 4.69) is 175 Å². The van der Waals surface area contributed by atoms with Gasteiger partial charge in [0.15, 0.2) is 0 Å². The molecular formula is C49H40N6O. The number of aryl methyl sites for hydroxylation is 3. The number of imidazole rings is 1. The molecule has 0 fully saturated rings. The summed E-state index contributed by atoms with van der Waals surface area (Å²) in [5.74, 6) is 2.38. The molecule has 5 heterocycles. The molecule has 0 bridgehead atoms. The number of ether oxygens (including phenoxy) is 1. The van der Waals surface area contributed by atoms with Crippen LogP contribution in [0.4, 0.5) is 0 Å². The Labute approximate surface area is 323 Å². The van der Waals surface area contributed by atoms with Gasteiger partial charge < -0.3 is 23.0 Å². The number of nitrogens with zero attached hydrogens (tertiary/aromatic N) is 6. The van der Waals surface area contributed by atoms with Gasteiger partial charge in [0, 0.05) is 69.7 Å². The third-order valence-electron chi connectivity index (χ3n) is 11.8. The molecule has 0 aliphatic rings. The highest BCUT2D eigenvalue weighted by molar-refractivity contribution is 6.39. The zero-order valence-corrected chi connectivity index (χ0v) is 32.3. The standard InChI is InChI=1S/C49H40N6O/c1-49(2,3)30-24-25-50-42(26-30)55-41-28-33(56-32-15-13-14-31(27-32)54-29-51(4)39-20-11-12-21-40(39)54)22-23-36(41)45-47-43(34-16-7-9-18-37(34)52(47)5)46-44(48(45)55)35-17-8-10-19-38(35)53(46)6/h7-28H,1-6H3. The quantitative estimate of drug-likeness (QED) is 0.134. The van der Waals surface area contributed by atoms with Gasteiger partial charge in [0.2, 0.25) is 6.33 Å². The highest BCUT2D eigenvalue weighted by atomic mass is 16.5. The minimum Gasteiger partial charge on any atom is -0.458 e. The largest absolute Gasteiger partial charge is 0.458 e. The van der Waals surface area contributed by atoms with Gasteiger partial charge in [0.05, 0.1) is 45.8 Å². The molecule has 11 rings (SSSR count). The molecule has 0 N–H and O–H groups in total. The van der Waals surface area contributed by atoms with Crippen molar-refractivity contribution in [2.75, 3.05) is 0 Å². The molecule has 5 aromatic heterocycles. The van der Waals surface area contributed by atoms with E-state index in [1.165, 1.54) is 54.6 Å². The Morgan fingerprint density at radius 3 is 1.88 bits per heavy atom. The van der Waals surface area contributed by atoms with Crippen molar-refractivity contribution in [1.82, 2.24) is 23.3 Å². The molecule has 7 nitrogen and oxygen atoms in total. The van der Waals surface area contributed by atoms with E-state index >= 15 is 0 Å². The Bertz CT molecular complexity index is 3420. The second-order valence-corrected chi connectivity index (χ2v) is 16.1. The molecule has 0 aliphatic heterocycles. The summed E-state index contributed by atoms with van der Waals surface area (Å²) in [6.07, 6.45) is 5.42. The molecule has 0 atom stereocenters. The molecule has 0 saturated heterocycles. The molecule has 0 saturated carbocycles. The van der Waals surface area contributed by atoms with Crippen LogP contribution in [-0.2, 0) is 26.6 Å². The van der Waals surface area contributed by atoms with Gasteiger partial charge in [0.25, 0.3) is 0 Å². The maximum absolute atomic E-state index is 6.78. The number of rotatable bonds is 4. The van der Waals surface area contributed by atoms with Crippen LogP contribution in [0.2, 0.25) is 0 Å². The van der Waals surface area contributed by atoms with Crippen molar-refractivity contribution in [3.05, 3.63) is 145 Å². The number of fused-ring (bicyclic) bond motifs is 13. The van der Waals surface area contributed by atoms with E-state index in [1.807, 2.05) is 29.9 Å². The summed E-state index contributed by atoms with van der Waals surface area (Å²) < 4.78 is 18.0. The van der Waals surface area contributed by atoms with Crippen molar-refractivity contribution in [1.29, 1.82) is 0 Å². The second kappa shape index (κ2) is 11.6. The van der Waals surface area contributed by atoms with E-state index in [0.29, 0.717) is 0 Å². The van der Waals surface area contributed by atoms with Crippen LogP contribution in [0.15, 0.2) is 134 Å². The van der Waals surface area contributed by atoms with Gasteiger partial charge in [-0.25, -0.2) is 4.98 Å². The maximum atomic E-state index is 6.78. The lowest BCUT2D eigenvalue weighted by molar-refractivity contribution is -0.572. The van der Waals surface area contributed by atoms with Crippen molar-refractivity contribution in [3.63, 3.8) is 0 Å². The number of benzene rings is 6. The van der Waals surface area contributed by atoms with Crippen LogP contribution in [0.5, 0.6) is 11.5 Å². The van der Waals surface area contributed by atoms with E-state index in [9.17, 15) is 0 Å². The lowest BCUT2D eigenvalue weighted by atomic mass is 9.88. The van der Waals surface area contributed by atoms with Gasteiger partial charge in [-0.1, -0.05) is 93.6 Å². The fraction of sp³-hybridized carbons (Fsp3) is 0.143. The van der Waals surface area contributed by atoms with Crippen molar-refractivity contribution in [3.8, 4) is 23.0 Å². The van der Waals surface area contributed by atoms with Gasteiger partial charge in [-0.15, -0.1) is 0 Å². The number of hydrogen-bond acceptors (Lipinski definition) is 2. The minimum absolute atomic E-state index is 0.0624. The Kier molecular flexibility index (Phi) is 6.73. The Balaban J connectivity index is 1.23. The predicted molar refractivity (Wildman–Crippen MR) is 229 cm³/mol. The van der Waals surface area contributed by atoms with E-state index in [-0.39, 0.29) is 5.41 Å². The van der Waals surface area contributed by atoms with Gasteiger partial charge in [-0.05, 0) is 59.5 Å². The third kappa shape index (κ3) is 4.51. The molecule has 0 unspecified atom stereocenters. The molecule has 0 amide bonds. The monoisotopic (exact) mass is 728 g/mol. The van der Waals surface area contributed by atoms with E-state index in [4.69, 9.17) is 9.72 Å². The van der Waals surface area contributed by atoms with Crippen LogP contribution < -0.4 is 9.30 Å². The third-order valence-corrected chi connectivity index (χ3v) is 11.8. The van der Waals surface area contributed by atoms with Gasteiger partial charge in [-0.3, -0.25) is 4.57 Å². The Morgan fingerprint density at radius 1 is 0.571 bits per heavy atom. The predicted octanol–water partition coefficient (Wildman–Crippen LogP) is 11.1. The molecule has 0 spiro atoms. The Morgan fingerprint density at radius 2 is 1.18 bits per heavy atom. The number of aromatic nitrogens is 6. The zero-order chi connectivity index (χ0) is 38.0. The molecular weight excluding hydrogens is 689 g/mol. The summed E-state index contributed by atoms with van der Waals surface area (Å²) in [6, 6.07) is 45.1. The molecule has 0 aliphatic carbocycles. The van der Waals surface area contributed by atoms with Crippen molar-refractivity contribution >= 4 is 76.5 Å². The van der Waals surface area contributed by atoms with Crippen LogP contribution in [0, 0.1) is 6.33 Å². The Hall–Kier alpha value is -6.86. The molecule has 0 radical (unpaired) electrons. The minimum atomic E-state index is -0.0624. The normalized spacial score (nSPS) is 12.5. The number of hydrogen-bond donors (Lipinski definition) is 0. The van der Waals surface area contributed by atoms with Crippen molar-refractivity contribution < 1.29 is 9.30 Å². The molecule has 6 aromatic carbocycles. The summed E-state index contributed by atoms with van der Waals surface area (Å²) in [5, 5.41) is 7.31. The fourth-order valence-corrected chi connectivity index (χ4v) is 9.12. The highest BCUT2D eigenvalue weighted by Crippen LogP contribution is 2.48. The van der Waals surface area contributed by atoms with Crippen LogP contribution in [0.1, 0.15) is 26.3 Å². The van der Waals surface area contributed by atoms with Crippen LogP contribution in [0.25, 0.3) is 88.0 Å². The average Bonchev–Trinajstić information content (AvgIpc) is 3.91. The second-order valence-electron chi connectivity index (χ2n) is 16.1. The van der Waals surface area contributed by atoms with Crippen molar-refractivity contribution in [2.24, 2.45) is 21.1 Å². The van der Waals surface area contributed by atoms with E-state index in [1.54, 1.807) is 0 Å². The zero-order valence-electron chi connectivity index (χ0n) is 32.3. The van der Waals surface area contributed by atoms with Crippen molar-refractivity contribution in [2.45, 2.75) is 26.2 Å². The van der Waals surface area contributed by atoms with Gasteiger partial charge in [0.1, 0.15) is 17.3 Å².